The van der Waals surface area contributed by atoms with E-state index in [4.69, 9.17) is 9.29 Å². The minimum atomic E-state index is -4.94. The Kier molecular flexibility index (Phi) is 9.78. The second-order valence-corrected chi connectivity index (χ2v) is 8.65. The Morgan fingerprint density at radius 1 is 1.26 bits per heavy atom. The third-order valence-electron chi connectivity index (χ3n) is 4.42. The fourth-order valence-electron chi connectivity index (χ4n) is 3.00. The van der Waals surface area contributed by atoms with Gasteiger partial charge in [0.05, 0.1) is 6.61 Å². The van der Waals surface area contributed by atoms with Crippen molar-refractivity contribution in [2.75, 3.05) is 6.61 Å². The third-order valence-corrected chi connectivity index (χ3v) is 5.80. The van der Waals surface area contributed by atoms with Crippen molar-refractivity contribution in [2.45, 2.75) is 36.3 Å². The monoisotopic (exact) mass is 502 g/mol. The van der Waals surface area contributed by atoms with Gasteiger partial charge in [0.2, 0.25) is 0 Å². The van der Waals surface area contributed by atoms with Crippen LogP contribution in [0.2, 0.25) is 0 Å². The van der Waals surface area contributed by atoms with Crippen LogP contribution in [0.4, 0.5) is 0 Å². The largest absolute Gasteiger partial charge is 1.00 e. The Balaban J connectivity index is 0.00000341. The number of benzene rings is 1. The summed E-state index contributed by atoms with van der Waals surface area (Å²) in [6.07, 6.45) is -4.70. The molecule has 1 fully saturated rings. The first kappa shape index (κ1) is 27.0. The molecule has 166 valence electrons. The molecule has 1 aliphatic heterocycles. The molecule has 2 aromatic rings. The van der Waals surface area contributed by atoms with Crippen molar-refractivity contribution in [1.29, 1.82) is 0 Å². The van der Waals surface area contributed by atoms with Gasteiger partial charge >= 0.3 is 61.8 Å². The molecule has 6 N–H and O–H groups in total. The van der Waals surface area contributed by atoms with Gasteiger partial charge in [0.15, 0.2) is 0 Å². The van der Waals surface area contributed by atoms with Crippen molar-refractivity contribution < 1.29 is 98.9 Å². The molecular formula is C16H19KN2O10S2. The van der Waals surface area contributed by atoms with Gasteiger partial charge in [0.25, 0.3) is 0 Å². The number of aliphatic hydroxyl groups excluding tert-OH is 4. The molecule has 1 saturated heterocycles. The number of ether oxygens (including phenoxy) is 1. The van der Waals surface area contributed by atoms with Gasteiger partial charge in [0.1, 0.15) is 34.9 Å². The van der Waals surface area contributed by atoms with E-state index < -0.39 is 46.9 Å². The Hall–Kier alpha value is -0.274. The molecule has 0 saturated carbocycles. The fourth-order valence-corrected chi connectivity index (χ4v) is 4.32. The predicted octanol–water partition coefficient (Wildman–Crippen LogP) is -4.55. The zero-order valence-electron chi connectivity index (χ0n) is 16.2. The first-order valence-electron chi connectivity index (χ1n) is 8.56. The number of hydrogen-bond donors (Lipinski definition) is 6. The van der Waals surface area contributed by atoms with Crippen molar-refractivity contribution in [3.8, 4) is 5.75 Å². The number of aromatic nitrogens is 1. The van der Waals surface area contributed by atoms with Gasteiger partial charge in [-0.25, -0.2) is 4.28 Å². The van der Waals surface area contributed by atoms with Gasteiger partial charge in [-0.05, 0) is 17.0 Å². The van der Waals surface area contributed by atoms with Crippen LogP contribution in [-0.2, 0) is 25.8 Å². The minimum Gasteiger partial charge on any atom is -0.872 e. The molecule has 0 radical (unpaired) electrons. The number of aliphatic hydroxyl groups is 4. The maximum atomic E-state index is 12.2. The van der Waals surface area contributed by atoms with Crippen LogP contribution >= 0.6 is 11.8 Å². The number of fused-ring (bicyclic) bond motifs is 1. The molecule has 3 rings (SSSR count). The molecule has 12 nitrogen and oxygen atoms in total. The fraction of sp³-hybridized carbons (Fsp3) is 0.438. The van der Waals surface area contributed by atoms with Crippen LogP contribution in [0.25, 0.3) is 10.9 Å². The molecule has 15 heteroatoms. The molecular weight excluding hydrogens is 483 g/mol. The summed E-state index contributed by atoms with van der Waals surface area (Å²) in [5, 5.41) is 55.0. The summed E-state index contributed by atoms with van der Waals surface area (Å²) >= 11 is 0.631. The van der Waals surface area contributed by atoms with Crippen molar-refractivity contribution in [1.82, 2.24) is 4.98 Å². The van der Waals surface area contributed by atoms with Crippen LogP contribution in [0.3, 0.4) is 0 Å². The first-order chi connectivity index (χ1) is 14.1. The number of rotatable bonds is 6. The summed E-state index contributed by atoms with van der Waals surface area (Å²) in [4.78, 5) is 2.89. The summed E-state index contributed by atoms with van der Waals surface area (Å²) in [5.41, 5.74) is -0.322. The maximum absolute atomic E-state index is 12.2. The minimum absolute atomic E-state index is 0. The second-order valence-electron chi connectivity index (χ2n) is 6.47. The number of nitrogens with one attached hydrogen (secondary N) is 1. The molecule has 1 aromatic heterocycles. The Labute approximate surface area is 223 Å². The van der Waals surface area contributed by atoms with Crippen LogP contribution in [0.1, 0.15) is 5.56 Å². The smallest absolute Gasteiger partial charge is 0.872 e. The van der Waals surface area contributed by atoms with Gasteiger partial charge in [-0.1, -0.05) is 34.8 Å². The van der Waals surface area contributed by atoms with E-state index in [1.807, 2.05) is 0 Å². The van der Waals surface area contributed by atoms with E-state index in [2.05, 4.69) is 14.4 Å². The molecule has 0 unspecified atom stereocenters. The van der Waals surface area contributed by atoms with Gasteiger partial charge in [-0.15, -0.1) is 0 Å². The molecule has 1 aromatic carbocycles. The number of oxime groups is 1. The van der Waals surface area contributed by atoms with E-state index in [1.165, 1.54) is 12.3 Å². The zero-order valence-corrected chi connectivity index (χ0v) is 20.9. The maximum Gasteiger partial charge on any atom is 1.00 e. The van der Waals surface area contributed by atoms with E-state index in [0.29, 0.717) is 28.2 Å². The van der Waals surface area contributed by atoms with Crippen LogP contribution < -0.4 is 56.5 Å². The normalized spacial score (nSPS) is 27.1. The van der Waals surface area contributed by atoms with Gasteiger partial charge < -0.3 is 35.3 Å². The first-order valence-corrected chi connectivity index (χ1v) is 10.8. The van der Waals surface area contributed by atoms with E-state index >= 15 is 0 Å². The van der Waals surface area contributed by atoms with E-state index in [9.17, 15) is 34.0 Å². The summed E-state index contributed by atoms with van der Waals surface area (Å²) in [6.45, 7) is -0.655. The number of aromatic amines is 1. The molecule has 0 spiro atoms. The van der Waals surface area contributed by atoms with Gasteiger partial charge in [0, 0.05) is 18.1 Å². The zero-order chi connectivity index (χ0) is 22.1. The topological polar surface area (TPSA) is 205 Å². The average molecular weight is 503 g/mol. The number of H-pyrrole nitrogens is 1. The third kappa shape index (κ3) is 6.63. The SMILES string of the molecule is O=S(=O)(O)O/N=C(/Cc1c[nH]c2cccc([O-])c12)S[C@@H]1O[C@H](CO)[C@@H](O)[C@H](O)[C@H]1O.[K+]. The number of nitrogens with zero attached hydrogens (tertiary/aromatic N) is 1. The summed E-state index contributed by atoms with van der Waals surface area (Å²) in [6, 6.07) is 4.57. The Morgan fingerprint density at radius 3 is 2.61 bits per heavy atom. The average Bonchev–Trinajstić information content (AvgIpc) is 3.10. The van der Waals surface area contributed by atoms with Crippen LogP contribution in [0.15, 0.2) is 29.6 Å². The Morgan fingerprint density at radius 2 is 1.97 bits per heavy atom. The summed E-state index contributed by atoms with van der Waals surface area (Å²) in [7, 11) is -4.94. The van der Waals surface area contributed by atoms with Gasteiger partial charge in [-0.3, -0.25) is 4.55 Å². The van der Waals surface area contributed by atoms with E-state index in [0.717, 1.165) is 0 Å². The molecule has 1 aliphatic rings. The molecule has 31 heavy (non-hydrogen) atoms. The van der Waals surface area contributed by atoms with Crippen molar-refractivity contribution in [2.24, 2.45) is 5.16 Å². The van der Waals surface area contributed by atoms with Crippen molar-refractivity contribution in [3.05, 3.63) is 30.0 Å². The molecule has 5 atom stereocenters. The number of hydrogen-bond acceptors (Lipinski definition) is 11. The Bertz CT molecular complexity index is 1030. The molecule has 0 aliphatic carbocycles. The molecule has 0 bridgehead atoms. The van der Waals surface area contributed by atoms with Crippen LogP contribution in [-0.4, -0.2) is 79.9 Å². The predicted molar refractivity (Wildman–Crippen MR) is 103 cm³/mol. The molecule has 2 heterocycles. The van der Waals surface area contributed by atoms with Crippen molar-refractivity contribution in [3.63, 3.8) is 0 Å². The second kappa shape index (κ2) is 11.2. The van der Waals surface area contributed by atoms with Crippen molar-refractivity contribution >= 4 is 38.1 Å². The van der Waals surface area contributed by atoms with Crippen LogP contribution in [0.5, 0.6) is 5.75 Å². The molecule has 0 amide bonds. The van der Waals surface area contributed by atoms with E-state index in [-0.39, 0.29) is 68.6 Å². The number of thioether (sulfide) groups is 1. The van der Waals surface area contributed by atoms with E-state index in [1.54, 1.807) is 12.1 Å². The summed E-state index contributed by atoms with van der Waals surface area (Å²) in [5.74, 6) is -0.295. The summed E-state index contributed by atoms with van der Waals surface area (Å²) < 4.78 is 40.1. The van der Waals surface area contributed by atoms with Gasteiger partial charge in [-0.2, -0.15) is 8.42 Å². The quantitative estimate of drug-likeness (QED) is 0.0729. The van der Waals surface area contributed by atoms with Crippen LogP contribution in [0, 0.1) is 0 Å². The standard InChI is InChI=1S/C16H20N2O10S2.K/c19-6-10-13(21)14(22)15(23)16(27-10)29-11(18-28-30(24,25)26)4-7-5-17-8-2-1-3-9(20)12(7)8;/h1-3,5,10,13-17,19-23H,4,6H2,(H,24,25,26);/q;+1/p-1/b18-11-;/t10-,13-,14+,15-,16+;/m1./s1.